The Labute approximate surface area is 137 Å². The zero-order chi connectivity index (χ0) is 16.0. The van der Waals surface area contributed by atoms with Crippen molar-refractivity contribution < 1.29 is 9.47 Å². The first-order chi connectivity index (χ1) is 10.8. The minimum atomic E-state index is 0.646. The first-order valence-corrected chi connectivity index (χ1v) is 9.10. The molecule has 1 aliphatic rings. The van der Waals surface area contributed by atoms with Gasteiger partial charge in [-0.2, -0.15) is 0 Å². The van der Waals surface area contributed by atoms with Crippen molar-refractivity contribution in [2.24, 2.45) is 0 Å². The smallest absolute Gasteiger partial charge is 0.0701 e. The summed E-state index contributed by atoms with van der Waals surface area (Å²) in [4.78, 5) is 2.51. The van der Waals surface area contributed by atoms with E-state index < -0.39 is 0 Å². The Morgan fingerprint density at radius 1 is 1.05 bits per heavy atom. The lowest BCUT2D eigenvalue weighted by Gasteiger charge is -2.33. The van der Waals surface area contributed by atoms with Crippen LogP contribution in [0.2, 0.25) is 0 Å². The van der Waals surface area contributed by atoms with Gasteiger partial charge in [0.1, 0.15) is 0 Å². The van der Waals surface area contributed by atoms with E-state index in [0.717, 1.165) is 32.8 Å². The minimum Gasteiger partial charge on any atom is -0.378 e. The molecule has 0 aromatic carbocycles. The van der Waals surface area contributed by atoms with E-state index in [9.17, 15) is 0 Å². The Hall–Kier alpha value is -0.200. The molecule has 22 heavy (non-hydrogen) atoms. The normalized spacial score (nSPS) is 18.7. The molecule has 1 atom stereocenters. The lowest BCUT2D eigenvalue weighted by atomic mass is 10.0. The van der Waals surface area contributed by atoms with Gasteiger partial charge in [-0.25, -0.2) is 0 Å². The van der Waals surface area contributed by atoms with Crippen LogP contribution in [0.1, 0.15) is 40.0 Å². The van der Waals surface area contributed by atoms with E-state index in [0.29, 0.717) is 25.3 Å². The third-order valence-corrected chi connectivity index (χ3v) is 4.32. The quantitative estimate of drug-likeness (QED) is 0.504. The van der Waals surface area contributed by atoms with E-state index in [1.807, 2.05) is 0 Å². The molecule has 1 rings (SSSR count). The molecule has 0 aromatic rings. The minimum absolute atomic E-state index is 0.646. The van der Waals surface area contributed by atoms with Crippen molar-refractivity contribution in [2.75, 3.05) is 59.2 Å². The number of piperidine rings is 1. The third-order valence-electron chi connectivity index (χ3n) is 4.32. The van der Waals surface area contributed by atoms with Gasteiger partial charge in [-0.3, -0.25) is 0 Å². The number of rotatable bonds is 13. The highest BCUT2D eigenvalue weighted by Crippen LogP contribution is 2.11. The number of likely N-dealkylation sites (N-methyl/N-ethyl adjacent to an activating group) is 1. The summed E-state index contributed by atoms with van der Waals surface area (Å²) in [6, 6.07) is 1.35. The van der Waals surface area contributed by atoms with Gasteiger partial charge in [0.05, 0.1) is 26.4 Å². The number of ether oxygens (including phenoxy) is 2. The SMILES string of the molecule is CCNCCOCCOCCN1CCC(NC(C)CC)CC1. The van der Waals surface area contributed by atoms with Gasteiger partial charge < -0.3 is 25.0 Å². The number of hydrogen-bond acceptors (Lipinski definition) is 5. The molecule has 0 aromatic heterocycles. The maximum Gasteiger partial charge on any atom is 0.0701 e. The van der Waals surface area contributed by atoms with Gasteiger partial charge in [0.15, 0.2) is 0 Å². The van der Waals surface area contributed by atoms with Gasteiger partial charge >= 0.3 is 0 Å². The van der Waals surface area contributed by atoms with Crippen LogP contribution < -0.4 is 10.6 Å². The summed E-state index contributed by atoms with van der Waals surface area (Å²) in [5.74, 6) is 0. The number of nitrogens with one attached hydrogen (secondary N) is 2. The first-order valence-electron chi connectivity index (χ1n) is 9.10. The molecule has 0 amide bonds. The van der Waals surface area contributed by atoms with Crippen LogP contribution in [0.25, 0.3) is 0 Å². The van der Waals surface area contributed by atoms with E-state index in [2.05, 4.69) is 36.3 Å². The zero-order valence-corrected chi connectivity index (χ0v) is 14.9. The van der Waals surface area contributed by atoms with E-state index >= 15 is 0 Å². The average Bonchev–Trinajstić information content (AvgIpc) is 2.54. The summed E-state index contributed by atoms with van der Waals surface area (Å²) in [6.07, 6.45) is 3.74. The van der Waals surface area contributed by atoms with Crippen LogP contribution in [0.3, 0.4) is 0 Å². The second-order valence-electron chi connectivity index (χ2n) is 6.17. The lowest BCUT2D eigenvalue weighted by Crippen LogP contribution is -2.46. The highest BCUT2D eigenvalue weighted by molar-refractivity contribution is 4.78. The fourth-order valence-electron chi connectivity index (χ4n) is 2.68. The molecule has 0 aliphatic carbocycles. The molecule has 1 aliphatic heterocycles. The predicted octanol–water partition coefficient (Wildman–Crippen LogP) is 1.48. The second-order valence-corrected chi connectivity index (χ2v) is 6.17. The van der Waals surface area contributed by atoms with Gasteiger partial charge in [0, 0.05) is 25.2 Å². The molecule has 132 valence electrons. The fraction of sp³-hybridized carbons (Fsp3) is 1.00. The Kier molecular flexibility index (Phi) is 12.0. The predicted molar refractivity (Wildman–Crippen MR) is 92.5 cm³/mol. The Morgan fingerprint density at radius 3 is 2.36 bits per heavy atom. The number of nitrogens with zero attached hydrogens (tertiary/aromatic N) is 1. The third kappa shape index (κ3) is 9.74. The monoisotopic (exact) mass is 315 g/mol. The molecule has 0 bridgehead atoms. The van der Waals surface area contributed by atoms with Gasteiger partial charge in [-0.05, 0) is 45.8 Å². The average molecular weight is 316 g/mol. The van der Waals surface area contributed by atoms with Crippen LogP contribution in [0.5, 0.6) is 0 Å². The lowest BCUT2D eigenvalue weighted by molar-refractivity contribution is 0.0363. The molecule has 0 saturated carbocycles. The maximum atomic E-state index is 5.65. The number of hydrogen-bond donors (Lipinski definition) is 2. The Morgan fingerprint density at radius 2 is 1.73 bits per heavy atom. The molecule has 0 spiro atoms. The van der Waals surface area contributed by atoms with Gasteiger partial charge in [-0.15, -0.1) is 0 Å². The molecule has 1 unspecified atom stereocenters. The summed E-state index contributed by atoms with van der Waals surface area (Å²) in [5, 5.41) is 6.95. The van der Waals surface area contributed by atoms with E-state index in [4.69, 9.17) is 9.47 Å². The molecule has 1 fully saturated rings. The number of likely N-dealkylation sites (tertiary alicyclic amines) is 1. The molecular weight excluding hydrogens is 278 g/mol. The van der Waals surface area contributed by atoms with Crippen molar-refractivity contribution in [2.45, 2.75) is 52.1 Å². The summed E-state index contributed by atoms with van der Waals surface area (Å²) in [6.45, 7) is 15.0. The second kappa shape index (κ2) is 13.3. The van der Waals surface area contributed by atoms with Crippen molar-refractivity contribution in [3.63, 3.8) is 0 Å². The van der Waals surface area contributed by atoms with Crippen LogP contribution in [-0.4, -0.2) is 76.1 Å². The summed E-state index contributed by atoms with van der Waals surface area (Å²) in [5.41, 5.74) is 0. The highest BCUT2D eigenvalue weighted by Gasteiger charge is 2.19. The fourth-order valence-corrected chi connectivity index (χ4v) is 2.68. The highest BCUT2D eigenvalue weighted by atomic mass is 16.5. The van der Waals surface area contributed by atoms with Crippen molar-refractivity contribution in [3.8, 4) is 0 Å². The molecule has 5 nitrogen and oxygen atoms in total. The van der Waals surface area contributed by atoms with E-state index in [-0.39, 0.29) is 0 Å². The summed E-state index contributed by atoms with van der Waals surface area (Å²) in [7, 11) is 0. The van der Waals surface area contributed by atoms with Crippen LogP contribution in [0.15, 0.2) is 0 Å². The molecule has 0 radical (unpaired) electrons. The maximum absolute atomic E-state index is 5.65. The zero-order valence-electron chi connectivity index (χ0n) is 14.9. The summed E-state index contributed by atoms with van der Waals surface area (Å²) >= 11 is 0. The van der Waals surface area contributed by atoms with Crippen molar-refractivity contribution in [1.82, 2.24) is 15.5 Å². The van der Waals surface area contributed by atoms with Crippen molar-refractivity contribution in [3.05, 3.63) is 0 Å². The Balaban J connectivity index is 1.88. The van der Waals surface area contributed by atoms with Crippen LogP contribution in [0, 0.1) is 0 Å². The largest absolute Gasteiger partial charge is 0.378 e. The van der Waals surface area contributed by atoms with Gasteiger partial charge in [0.25, 0.3) is 0 Å². The van der Waals surface area contributed by atoms with E-state index in [1.54, 1.807) is 0 Å². The standard InChI is InChI=1S/C17H37N3O2/c1-4-16(3)19-17-6-9-20(10-7-17)11-13-22-15-14-21-12-8-18-5-2/h16-19H,4-15H2,1-3H3. The summed E-state index contributed by atoms with van der Waals surface area (Å²) < 4.78 is 11.1. The molecule has 1 saturated heterocycles. The molecule has 2 N–H and O–H groups in total. The molecule has 1 heterocycles. The van der Waals surface area contributed by atoms with Gasteiger partial charge in [-0.1, -0.05) is 13.8 Å². The van der Waals surface area contributed by atoms with Crippen LogP contribution in [0.4, 0.5) is 0 Å². The topological polar surface area (TPSA) is 45.8 Å². The van der Waals surface area contributed by atoms with Gasteiger partial charge in [0.2, 0.25) is 0 Å². The van der Waals surface area contributed by atoms with Crippen molar-refractivity contribution >= 4 is 0 Å². The van der Waals surface area contributed by atoms with Crippen molar-refractivity contribution in [1.29, 1.82) is 0 Å². The first kappa shape index (κ1) is 19.8. The van der Waals surface area contributed by atoms with Crippen LogP contribution >= 0.6 is 0 Å². The Bertz CT molecular complexity index is 246. The molecule has 5 heteroatoms. The van der Waals surface area contributed by atoms with Crippen LogP contribution in [-0.2, 0) is 9.47 Å². The molecular formula is C17H37N3O2. The van der Waals surface area contributed by atoms with E-state index in [1.165, 1.54) is 32.4 Å².